The fourth-order valence-electron chi connectivity index (χ4n) is 2.47. The molecule has 27 heavy (non-hydrogen) atoms. The van der Waals surface area contributed by atoms with Gasteiger partial charge in [-0.1, -0.05) is 35.4 Å². The van der Waals surface area contributed by atoms with E-state index in [4.69, 9.17) is 11.6 Å². The number of para-hydroxylation sites is 1. The van der Waals surface area contributed by atoms with Gasteiger partial charge in [0.1, 0.15) is 0 Å². The molecule has 0 unspecified atom stereocenters. The fourth-order valence-corrected chi connectivity index (χ4v) is 2.65. The Balaban J connectivity index is 2.04. The largest absolute Gasteiger partial charge is 0.504 e. The number of carbonyl (C=O) groups is 1. The van der Waals surface area contributed by atoms with Gasteiger partial charge in [0.25, 0.3) is 5.91 Å². The van der Waals surface area contributed by atoms with E-state index in [0.717, 1.165) is 11.8 Å². The van der Waals surface area contributed by atoms with Crippen LogP contribution in [0.15, 0.2) is 48.7 Å². The lowest BCUT2D eigenvalue weighted by Gasteiger charge is -2.13. The molecule has 0 aliphatic rings. The van der Waals surface area contributed by atoms with Crippen LogP contribution in [0.4, 0.5) is 18.9 Å². The van der Waals surface area contributed by atoms with E-state index < -0.39 is 29.1 Å². The number of nitrogens with zero attached hydrogens (tertiary/aromatic N) is 2. The van der Waals surface area contributed by atoms with Crippen LogP contribution >= 0.6 is 11.6 Å². The third-order valence-electron chi connectivity index (χ3n) is 3.80. The van der Waals surface area contributed by atoms with Gasteiger partial charge in [0.15, 0.2) is 11.4 Å². The van der Waals surface area contributed by atoms with Gasteiger partial charge in [0.2, 0.25) is 0 Å². The lowest BCUT2D eigenvalue weighted by Crippen LogP contribution is -2.20. The van der Waals surface area contributed by atoms with Crippen LogP contribution in [0, 0.1) is 6.92 Å². The molecule has 2 N–H and O–H groups in total. The van der Waals surface area contributed by atoms with Crippen molar-refractivity contribution >= 4 is 23.2 Å². The molecular weight excluding hydrogens is 383 g/mol. The van der Waals surface area contributed by atoms with Crippen LogP contribution in [0.1, 0.15) is 21.6 Å². The lowest BCUT2D eigenvalue weighted by molar-refractivity contribution is -0.143. The summed E-state index contributed by atoms with van der Waals surface area (Å²) in [6, 6.07) is 10.4. The summed E-state index contributed by atoms with van der Waals surface area (Å²) in [7, 11) is 0. The maximum Gasteiger partial charge on any atom is 0.434 e. The Hall–Kier alpha value is -3.00. The van der Waals surface area contributed by atoms with Crippen molar-refractivity contribution in [2.75, 3.05) is 5.32 Å². The number of aryl methyl sites for hydroxylation is 1. The minimum atomic E-state index is -4.83. The molecule has 2 aromatic carbocycles. The number of rotatable bonds is 3. The molecule has 0 aliphatic carbocycles. The molecule has 0 saturated carbocycles. The summed E-state index contributed by atoms with van der Waals surface area (Å²) in [4.78, 5) is 12.4. The van der Waals surface area contributed by atoms with Gasteiger partial charge in [0.05, 0.1) is 28.2 Å². The third kappa shape index (κ3) is 3.75. The summed E-state index contributed by atoms with van der Waals surface area (Å²) < 4.78 is 41.6. The number of nitrogens with one attached hydrogen (secondary N) is 1. The van der Waals surface area contributed by atoms with Gasteiger partial charge in [-0.2, -0.15) is 18.3 Å². The van der Waals surface area contributed by atoms with Crippen molar-refractivity contribution in [3.8, 4) is 11.4 Å². The number of phenols is 1. The Kier molecular flexibility index (Phi) is 4.84. The number of halogens is 4. The highest BCUT2D eigenvalue weighted by atomic mass is 35.5. The van der Waals surface area contributed by atoms with Crippen molar-refractivity contribution in [3.63, 3.8) is 0 Å². The van der Waals surface area contributed by atoms with E-state index in [-0.39, 0.29) is 16.4 Å². The molecule has 9 heteroatoms. The van der Waals surface area contributed by atoms with Gasteiger partial charge in [-0.05, 0) is 31.2 Å². The first-order valence-corrected chi connectivity index (χ1v) is 8.07. The molecule has 3 aromatic rings. The maximum absolute atomic E-state index is 13.6. The molecule has 1 heterocycles. The fraction of sp³-hybridized carbons (Fsp3) is 0.111. The number of hydrogen-bond acceptors (Lipinski definition) is 3. The average molecular weight is 396 g/mol. The van der Waals surface area contributed by atoms with Gasteiger partial charge in [0, 0.05) is 0 Å². The summed E-state index contributed by atoms with van der Waals surface area (Å²) in [5.41, 5.74) is -0.969. The zero-order chi connectivity index (χ0) is 19.8. The van der Waals surface area contributed by atoms with Crippen LogP contribution in [-0.4, -0.2) is 20.8 Å². The van der Waals surface area contributed by atoms with Gasteiger partial charge in [-0.3, -0.25) is 4.79 Å². The first-order valence-electron chi connectivity index (χ1n) is 7.69. The summed E-state index contributed by atoms with van der Waals surface area (Å²) >= 11 is 5.75. The lowest BCUT2D eigenvalue weighted by atomic mass is 10.2. The van der Waals surface area contributed by atoms with Crippen LogP contribution in [0.2, 0.25) is 5.02 Å². The smallest absolute Gasteiger partial charge is 0.434 e. The van der Waals surface area contributed by atoms with Crippen molar-refractivity contribution in [1.29, 1.82) is 0 Å². The van der Waals surface area contributed by atoms with E-state index in [9.17, 15) is 23.1 Å². The molecule has 140 valence electrons. The monoisotopic (exact) mass is 395 g/mol. The van der Waals surface area contributed by atoms with Crippen LogP contribution in [0.3, 0.4) is 0 Å². The first-order chi connectivity index (χ1) is 12.7. The maximum atomic E-state index is 13.6. The van der Waals surface area contributed by atoms with Crippen LogP contribution in [-0.2, 0) is 6.18 Å². The summed E-state index contributed by atoms with van der Waals surface area (Å²) in [5.74, 6) is -1.51. The Morgan fingerprint density at radius 1 is 1.19 bits per heavy atom. The van der Waals surface area contributed by atoms with E-state index in [1.807, 2.05) is 0 Å². The van der Waals surface area contributed by atoms with Crippen LogP contribution in [0.25, 0.3) is 5.69 Å². The molecule has 0 bridgehead atoms. The first kappa shape index (κ1) is 18.8. The van der Waals surface area contributed by atoms with E-state index in [0.29, 0.717) is 4.68 Å². The molecule has 0 spiro atoms. The topological polar surface area (TPSA) is 67.2 Å². The second-order valence-corrected chi connectivity index (χ2v) is 6.15. The summed E-state index contributed by atoms with van der Waals surface area (Å²) in [6.07, 6.45) is -4.00. The second kappa shape index (κ2) is 6.96. The second-order valence-electron chi connectivity index (χ2n) is 5.74. The van der Waals surface area contributed by atoms with Gasteiger partial charge < -0.3 is 10.4 Å². The molecule has 0 atom stereocenters. The van der Waals surface area contributed by atoms with Crippen molar-refractivity contribution in [2.24, 2.45) is 0 Å². The standard InChI is InChI=1S/C18H13ClF3N3O2/c1-10-5-7-11(8-6-10)25-16(18(20,21)22)12(9-23-25)17(27)24-14-4-2-3-13(19)15(14)26/h2-9,26H,1H3,(H,24,27). The molecule has 1 aromatic heterocycles. The molecule has 3 rings (SSSR count). The average Bonchev–Trinajstić information content (AvgIpc) is 3.05. The molecule has 0 radical (unpaired) electrons. The Morgan fingerprint density at radius 2 is 1.85 bits per heavy atom. The number of aromatic nitrogens is 2. The highest BCUT2D eigenvalue weighted by molar-refractivity contribution is 6.32. The van der Waals surface area contributed by atoms with E-state index in [2.05, 4.69) is 10.4 Å². The molecular formula is C18H13ClF3N3O2. The molecule has 1 amide bonds. The Bertz CT molecular complexity index is 998. The minimum Gasteiger partial charge on any atom is -0.504 e. The number of aromatic hydroxyl groups is 1. The van der Waals surface area contributed by atoms with Gasteiger partial charge in [-0.15, -0.1) is 0 Å². The molecule has 5 nitrogen and oxygen atoms in total. The zero-order valence-electron chi connectivity index (χ0n) is 13.9. The zero-order valence-corrected chi connectivity index (χ0v) is 14.6. The minimum absolute atomic E-state index is 0.0424. The van der Waals surface area contributed by atoms with Crippen molar-refractivity contribution < 1.29 is 23.1 Å². The SMILES string of the molecule is Cc1ccc(-n2ncc(C(=O)Nc3cccc(Cl)c3O)c2C(F)(F)F)cc1. The van der Waals surface area contributed by atoms with Crippen molar-refractivity contribution in [1.82, 2.24) is 9.78 Å². The molecule has 0 saturated heterocycles. The molecule has 0 fully saturated rings. The number of alkyl halides is 3. The van der Waals surface area contributed by atoms with Gasteiger partial charge >= 0.3 is 6.18 Å². The van der Waals surface area contributed by atoms with E-state index >= 15 is 0 Å². The number of hydrogen-bond donors (Lipinski definition) is 2. The normalized spacial score (nSPS) is 11.4. The Labute approximate surface area is 157 Å². The Morgan fingerprint density at radius 3 is 2.48 bits per heavy atom. The number of carbonyl (C=O) groups excluding carboxylic acids is 1. The number of anilines is 1. The third-order valence-corrected chi connectivity index (χ3v) is 4.10. The van der Waals surface area contributed by atoms with Gasteiger partial charge in [-0.25, -0.2) is 4.68 Å². The quantitative estimate of drug-likeness (QED) is 0.625. The summed E-state index contributed by atoms with van der Waals surface area (Å²) in [5, 5.41) is 15.8. The van der Waals surface area contributed by atoms with E-state index in [1.54, 1.807) is 19.1 Å². The van der Waals surface area contributed by atoms with Crippen LogP contribution < -0.4 is 5.32 Å². The van der Waals surface area contributed by atoms with Crippen molar-refractivity contribution in [3.05, 3.63) is 70.5 Å². The predicted octanol–water partition coefficient (Wildman–Crippen LogP) is 4.81. The number of amides is 1. The number of benzene rings is 2. The summed E-state index contributed by atoms with van der Waals surface area (Å²) in [6.45, 7) is 1.80. The van der Waals surface area contributed by atoms with Crippen molar-refractivity contribution in [2.45, 2.75) is 13.1 Å². The molecule has 0 aliphatic heterocycles. The van der Waals surface area contributed by atoms with Crippen LogP contribution in [0.5, 0.6) is 5.75 Å². The highest BCUT2D eigenvalue weighted by Crippen LogP contribution is 2.35. The highest BCUT2D eigenvalue weighted by Gasteiger charge is 2.40. The number of phenolic OH excluding ortho intramolecular Hbond substituents is 1. The van der Waals surface area contributed by atoms with E-state index in [1.165, 1.54) is 30.3 Å². The predicted molar refractivity (Wildman–Crippen MR) is 94.4 cm³/mol.